The fraction of sp³-hybridized carbons (Fsp3) is 0.556. The molecule has 0 aromatic carbocycles. The van der Waals surface area contributed by atoms with Crippen LogP contribution in [-0.4, -0.2) is 22.0 Å². The Bertz CT molecular complexity index is 337. The lowest BCUT2D eigenvalue weighted by Crippen LogP contribution is -2.22. The highest BCUT2D eigenvalue weighted by Gasteiger charge is 1.99. The zero-order chi connectivity index (χ0) is 10.4. The Morgan fingerprint density at radius 1 is 1.57 bits per heavy atom. The molecule has 4 nitrogen and oxygen atoms in total. The number of aromatic nitrogens is 2. The summed E-state index contributed by atoms with van der Waals surface area (Å²) in [6, 6.07) is 0. The average molecular weight is 216 g/mol. The predicted octanol–water partition coefficient (Wildman–Crippen LogP) is 1.21. The molecule has 0 unspecified atom stereocenters. The van der Waals surface area contributed by atoms with Crippen LogP contribution in [0, 0.1) is 0 Å². The van der Waals surface area contributed by atoms with Gasteiger partial charge in [0.1, 0.15) is 0 Å². The zero-order valence-electron chi connectivity index (χ0n) is 8.16. The quantitative estimate of drug-likeness (QED) is 0.593. The van der Waals surface area contributed by atoms with Crippen molar-refractivity contribution in [1.29, 1.82) is 0 Å². The van der Waals surface area contributed by atoms with Gasteiger partial charge in [-0.1, -0.05) is 0 Å². The third kappa shape index (κ3) is 3.03. The number of nitrogens with one attached hydrogen (secondary N) is 1. The van der Waals surface area contributed by atoms with Crippen molar-refractivity contribution in [2.24, 2.45) is 7.05 Å². The van der Waals surface area contributed by atoms with E-state index in [1.165, 1.54) is 4.57 Å². The van der Waals surface area contributed by atoms with Crippen LogP contribution in [0.15, 0.2) is 17.2 Å². The number of anilines is 1. The summed E-state index contributed by atoms with van der Waals surface area (Å²) < 4.78 is 1.50. The average Bonchev–Trinajstić information content (AvgIpc) is 2.19. The Kier molecular flexibility index (Phi) is 4.46. The van der Waals surface area contributed by atoms with Gasteiger partial charge in [0.05, 0.1) is 0 Å². The highest BCUT2D eigenvalue weighted by molar-refractivity contribution is 6.17. The molecular formula is C9H14ClN3O. The zero-order valence-corrected chi connectivity index (χ0v) is 8.92. The molecule has 0 aliphatic carbocycles. The molecule has 5 heteroatoms. The lowest BCUT2D eigenvalue weighted by molar-refractivity contribution is 0.811. The van der Waals surface area contributed by atoms with Crippen LogP contribution in [0.3, 0.4) is 0 Å². The van der Waals surface area contributed by atoms with Gasteiger partial charge in [-0.05, 0) is 12.8 Å². The van der Waals surface area contributed by atoms with Gasteiger partial charge in [0, 0.05) is 31.9 Å². The van der Waals surface area contributed by atoms with Crippen molar-refractivity contribution in [3.8, 4) is 0 Å². The third-order valence-electron chi connectivity index (χ3n) is 1.87. The molecule has 1 aromatic heterocycles. The van der Waals surface area contributed by atoms with E-state index in [9.17, 15) is 4.79 Å². The molecule has 0 aliphatic rings. The smallest absolute Gasteiger partial charge is 0.293 e. The maximum absolute atomic E-state index is 11.4. The second-order valence-corrected chi connectivity index (χ2v) is 3.39. The van der Waals surface area contributed by atoms with E-state index in [-0.39, 0.29) is 5.56 Å². The molecule has 1 heterocycles. The van der Waals surface area contributed by atoms with Crippen molar-refractivity contribution >= 4 is 17.4 Å². The Hall–Kier alpha value is -1.03. The normalized spacial score (nSPS) is 10.1. The van der Waals surface area contributed by atoms with E-state index in [2.05, 4.69) is 10.3 Å². The summed E-state index contributed by atoms with van der Waals surface area (Å²) in [6.07, 6.45) is 5.13. The highest BCUT2D eigenvalue weighted by atomic mass is 35.5. The van der Waals surface area contributed by atoms with Crippen molar-refractivity contribution in [2.75, 3.05) is 17.7 Å². The minimum atomic E-state index is -0.0987. The van der Waals surface area contributed by atoms with Crippen LogP contribution in [0.1, 0.15) is 12.8 Å². The van der Waals surface area contributed by atoms with Gasteiger partial charge in [0.2, 0.25) is 0 Å². The Labute approximate surface area is 87.9 Å². The van der Waals surface area contributed by atoms with E-state index >= 15 is 0 Å². The van der Waals surface area contributed by atoms with Gasteiger partial charge in [-0.3, -0.25) is 4.79 Å². The van der Waals surface area contributed by atoms with Gasteiger partial charge in [-0.15, -0.1) is 11.6 Å². The first kappa shape index (κ1) is 11.0. The molecule has 0 spiro atoms. The van der Waals surface area contributed by atoms with E-state index < -0.39 is 0 Å². The molecule has 0 atom stereocenters. The first-order chi connectivity index (χ1) is 6.75. The van der Waals surface area contributed by atoms with E-state index in [1.807, 2.05) is 0 Å². The largest absolute Gasteiger partial charge is 0.365 e. The van der Waals surface area contributed by atoms with Gasteiger partial charge in [0.25, 0.3) is 5.56 Å². The summed E-state index contributed by atoms with van der Waals surface area (Å²) in [4.78, 5) is 15.4. The molecule has 0 fully saturated rings. The molecule has 0 bridgehead atoms. The molecule has 1 aromatic rings. The summed E-state index contributed by atoms with van der Waals surface area (Å²) in [7, 11) is 1.70. The number of alkyl halides is 1. The molecule has 0 saturated carbocycles. The number of hydrogen-bond donors (Lipinski definition) is 1. The van der Waals surface area contributed by atoms with Gasteiger partial charge in [-0.2, -0.15) is 0 Å². The van der Waals surface area contributed by atoms with Crippen LogP contribution in [0.2, 0.25) is 0 Å². The molecule has 0 radical (unpaired) electrons. The van der Waals surface area contributed by atoms with E-state index in [1.54, 1.807) is 19.4 Å². The second kappa shape index (κ2) is 5.65. The van der Waals surface area contributed by atoms with Crippen molar-refractivity contribution < 1.29 is 0 Å². The molecule has 0 amide bonds. The molecule has 1 rings (SSSR count). The van der Waals surface area contributed by atoms with Crippen LogP contribution in [0.5, 0.6) is 0 Å². The number of aryl methyl sites for hydroxylation is 1. The third-order valence-corrected chi connectivity index (χ3v) is 2.14. The Morgan fingerprint density at radius 3 is 3.07 bits per heavy atom. The molecule has 1 N–H and O–H groups in total. The van der Waals surface area contributed by atoms with Crippen LogP contribution < -0.4 is 10.9 Å². The van der Waals surface area contributed by atoms with Gasteiger partial charge in [-0.25, -0.2) is 4.98 Å². The lowest BCUT2D eigenvalue weighted by Gasteiger charge is -2.04. The molecule has 0 saturated heterocycles. The Balaban J connectivity index is 2.51. The molecule has 14 heavy (non-hydrogen) atoms. The Morgan fingerprint density at radius 2 is 2.36 bits per heavy atom. The summed E-state index contributed by atoms with van der Waals surface area (Å²) in [5, 5.41) is 2.99. The highest BCUT2D eigenvalue weighted by Crippen LogP contribution is 1.95. The number of rotatable bonds is 5. The minimum Gasteiger partial charge on any atom is -0.365 e. The van der Waals surface area contributed by atoms with E-state index in [0.717, 1.165) is 19.4 Å². The van der Waals surface area contributed by atoms with Gasteiger partial charge in [0.15, 0.2) is 5.82 Å². The summed E-state index contributed by atoms with van der Waals surface area (Å²) in [5.41, 5.74) is -0.0987. The summed E-state index contributed by atoms with van der Waals surface area (Å²) in [5.74, 6) is 1.06. The van der Waals surface area contributed by atoms with Gasteiger partial charge >= 0.3 is 0 Å². The maximum Gasteiger partial charge on any atom is 0.293 e. The number of nitrogens with zero attached hydrogens (tertiary/aromatic N) is 2. The topological polar surface area (TPSA) is 46.9 Å². The molecule has 78 valence electrons. The fourth-order valence-electron chi connectivity index (χ4n) is 1.05. The number of hydrogen-bond acceptors (Lipinski definition) is 3. The van der Waals surface area contributed by atoms with Crippen LogP contribution >= 0.6 is 11.6 Å². The lowest BCUT2D eigenvalue weighted by atomic mass is 10.3. The molecule has 0 aliphatic heterocycles. The van der Waals surface area contributed by atoms with Crippen LogP contribution in [-0.2, 0) is 7.05 Å². The van der Waals surface area contributed by atoms with Crippen molar-refractivity contribution in [3.63, 3.8) is 0 Å². The van der Waals surface area contributed by atoms with E-state index in [0.29, 0.717) is 11.7 Å². The maximum atomic E-state index is 11.4. The van der Waals surface area contributed by atoms with Crippen LogP contribution in [0.25, 0.3) is 0 Å². The first-order valence-corrected chi connectivity index (χ1v) is 5.10. The minimum absolute atomic E-state index is 0.0987. The second-order valence-electron chi connectivity index (χ2n) is 3.01. The molecular weight excluding hydrogens is 202 g/mol. The number of halogens is 1. The van der Waals surface area contributed by atoms with Crippen molar-refractivity contribution in [3.05, 3.63) is 22.7 Å². The number of unbranched alkanes of at least 4 members (excludes halogenated alkanes) is 1. The standard InChI is InChI=1S/C9H14ClN3O/c1-13-7-6-12-8(9(13)14)11-5-3-2-4-10/h6-7H,2-5H2,1H3,(H,11,12). The van der Waals surface area contributed by atoms with Crippen LogP contribution in [0.4, 0.5) is 5.82 Å². The van der Waals surface area contributed by atoms with E-state index in [4.69, 9.17) is 11.6 Å². The SMILES string of the molecule is Cn1ccnc(NCCCCCl)c1=O. The van der Waals surface area contributed by atoms with Crippen molar-refractivity contribution in [1.82, 2.24) is 9.55 Å². The fourth-order valence-corrected chi connectivity index (χ4v) is 1.23. The van der Waals surface area contributed by atoms with Gasteiger partial charge < -0.3 is 9.88 Å². The first-order valence-electron chi connectivity index (χ1n) is 4.57. The summed E-state index contributed by atoms with van der Waals surface area (Å²) >= 11 is 5.53. The van der Waals surface area contributed by atoms with Crippen molar-refractivity contribution in [2.45, 2.75) is 12.8 Å². The monoisotopic (exact) mass is 215 g/mol. The predicted molar refractivity (Wildman–Crippen MR) is 57.9 cm³/mol. The summed E-state index contributed by atoms with van der Waals surface area (Å²) in [6.45, 7) is 0.735.